The first-order valence-corrected chi connectivity index (χ1v) is 5.36. The van der Waals surface area contributed by atoms with Crippen molar-refractivity contribution in [1.29, 1.82) is 0 Å². The summed E-state index contributed by atoms with van der Waals surface area (Å²) in [4.78, 5) is 22.6. The number of aliphatic hydroxyl groups excluding tert-OH is 1. The SMILES string of the molecule is CC(C)NC(=O)c1cc(C(=O)O)cc(C(O)O)c1. The predicted molar refractivity (Wildman–Crippen MR) is 63.2 cm³/mol. The summed E-state index contributed by atoms with van der Waals surface area (Å²) in [6.45, 7) is 3.53. The van der Waals surface area contributed by atoms with Gasteiger partial charge in [-0.25, -0.2) is 4.79 Å². The van der Waals surface area contributed by atoms with Crippen LogP contribution in [0, 0.1) is 0 Å². The number of nitrogens with one attached hydrogen (secondary N) is 1. The molecule has 4 N–H and O–H groups in total. The van der Waals surface area contributed by atoms with E-state index in [-0.39, 0.29) is 22.7 Å². The van der Waals surface area contributed by atoms with Crippen LogP contribution in [0.15, 0.2) is 18.2 Å². The molecule has 6 nitrogen and oxygen atoms in total. The van der Waals surface area contributed by atoms with Crippen LogP contribution in [0.2, 0.25) is 0 Å². The van der Waals surface area contributed by atoms with E-state index < -0.39 is 18.2 Å². The Morgan fingerprint density at radius 2 is 1.67 bits per heavy atom. The molecule has 0 spiro atoms. The third-order valence-corrected chi connectivity index (χ3v) is 2.18. The molecule has 1 aromatic carbocycles. The van der Waals surface area contributed by atoms with Crippen LogP contribution in [-0.2, 0) is 0 Å². The number of carboxylic acids is 1. The quantitative estimate of drug-likeness (QED) is 0.585. The van der Waals surface area contributed by atoms with Gasteiger partial charge in [0.1, 0.15) is 0 Å². The summed E-state index contributed by atoms with van der Waals surface area (Å²) < 4.78 is 0. The Balaban J connectivity index is 3.18. The highest BCUT2D eigenvalue weighted by atomic mass is 16.5. The van der Waals surface area contributed by atoms with Gasteiger partial charge in [0, 0.05) is 17.2 Å². The Morgan fingerprint density at radius 1 is 1.11 bits per heavy atom. The zero-order valence-corrected chi connectivity index (χ0v) is 10.0. The first-order valence-electron chi connectivity index (χ1n) is 5.36. The molecule has 0 radical (unpaired) electrons. The van der Waals surface area contributed by atoms with Crippen LogP contribution in [0.25, 0.3) is 0 Å². The van der Waals surface area contributed by atoms with E-state index in [0.717, 1.165) is 6.07 Å². The lowest BCUT2D eigenvalue weighted by Crippen LogP contribution is -2.30. The summed E-state index contributed by atoms with van der Waals surface area (Å²) in [5, 5.41) is 29.6. The number of carbonyl (C=O) groups is 2. The van der Waals surface area contributed by atoms with Crippen LogP contribution in [0.1, 0.15) is 46.4 Å². The van der Waals surface area contributed by atoms with Crippen molar-refractivity contribution < 1.29 is 24.9 Å². The molecular weight excluding hydrogens is 238 g/mol. The van der Waals surface area contributed by atoms with Gasteiger partial charge in [-0.3, -0.25) is 4.79 Å². The third kappa shape index (κ3) is 3.54. The predicted octanol–water partition coefficient (Wildman–Crippen LogP) is 0.506. The zero-order chi connectivity index (χ0) is 13.9. The normalized spacial score (nSPS) is 10.8. The second-order valence-electron chi connectivity index (χ2n) is 4.15. The van der Waals surface area contributed by atoms with Crippen LogP contribution in [0.3, 0.4) is 0 Å². The van der Waals surface area contributed by atoms with E-state index in [9.17, 15) is 9.59 Å². The molecule has 0 saturated carbocycles. The van der Waals surface area contributed by atoms with Gasteiger partial charge in [0.05, 0.1) is 5.56 Å². The maximum absolute atomic E-state index is 11.7. The van der Waals surface area contributed by atoms with Crippen molar-refractivity contribution in [3.63, 3.8) is 0 Å². The number of hydrogen-bond donors (Lipinski definition) is 4. The zero-order valence-electron chi connectivity index (χ0n) is 10.0. The molecule has 0 aliphatic carbocycles. The second-order valence-corrected chi connectivity index (χ2v) is 4.15. The summed E-state index contributed by atoms with van der Waals surface area (Å²) in [6.07, 6.45) is -1.82. The van der Waals surface area contributed by atoms with Crippen LogP contribution < -0.4 is 5.32 Å². The molecular formula is C12H15NO5. The lowest BCUT2D eigenvalue weighted by Gasteiger charge is -2.11. The molecule has 0 aromatic heterocycles. The number of benzene rings is 1. The number of aliphatic hydroxyl groups is 2. The van der Waals surface area contributed by atoms with Crippen molar-refractivity contribution in [2.45, 2.75) is 26.2 Å². The molecule has 1 aromatic rings. The molecule has 18 heavy (non-hydrogen) atoms. The molecule has 0 fully saturated rings. The molecule has 1 rings (SSSR count). The summed E-state index contributed by atoms with van der Waals surface area (Å²) in [6, 6.07) is 3.44. The number of carboxylic acid groups (broad SMARTS) is 1. The van der Waals surface area contributed by atoms with Gasteiger partial charge in [0.2, 0.25) is 0 Å². The smallest absolute Gasteiger partial charge is 0.335 e. The number of rotatable bonds is 4. The fourth-order valence-electron chi connectivity index (χ4n) is 1.40. The maximum atomic E-state index is 11.7. The Hall–Kier alpha value is -1.92. The van der Waals surface area contributed by atoms with E-state index in [1.54, 1.807) is 13.8 Å². The highest BCUT2D eigenvalue weighted by Gasteiger charge is 2.15. The molecule has 0 heterocycles. The van der Waals surface area contributed by atoms with Crippen LogP contribution >= 0.6 is 0 Å². The average Bonchev–Trinajstić information content (AvgIpc) is 2.27. The van der Waals surface area contributed by atoms with Gasteiger partial charge in [-0.1, -0.05) is 0 Å². The van der Waals surface area contributed by atoms with Crippen molar-refractivity contribution in [3.8, 4) is 0 Å². The summed E-state index contributed by atoms with van der Waals surface area (Å²) in [7, 11) is 0. The number of amides is 1. The van der Waals surface area contributed by atoms with Gasteiger partial charge in [-0.2, -0.15) is 0 Å². The van der Waals surface area contributed by atoms with Crippen molar-refractivity contribution in [1.82, 2.24) is 5.32 Å². The van der Waals surface area contributed by atoms with Gasteiger partial charge in [-0.05, 0) is 32.0 Å². The summed E-state index contributed by atoms with van der Waals surface area (Å²) in [5.74, 6) is -1.70. The fourth-order valence-corrected chi connectivity index (χ4v) is 1.40. The van der Waals surface area contributed by atoms with E-state index >= 15 is 0 Å². The van der Waals surface area contributed by atoms with E-state index in [1.165, 1.54) is 12.1 Å². The van der Waals surface area contributed by atoms with Crippen molar-refractivity contribution >= 4 is 11.9 Å². The molecule has 0 unspecified atom stereocenters. The van der Waals surface area contributed by atoms with E-state index in [0.29, 0.717) is 0 Å². The highest BCUT2D eigenvalue weighted by Crippen LogP contribution is 2.16. The Morgan fingerprint density at radius 3 is 2.11 bits per heavy atom. The fraction of sp³-hybridized carbons (Fsp3) is 0.333. The van der Waals surface area contributed by atoms with Gasteiger partial charge in [0.15, 0.2) is 6.29 Å². The Labute approximate surface area is 104 Å². The van der Waals surface area contributed by atoms with Crippen molar-refractivity contribution in [2.24, 2.45) is 0 Å². The maximum Gasteiger partial charge on any atom is 0.335 e. The van der Waals surface area contributed by atoms with Crippen molar-refractivity contribution in [3.05, 3.63) is 34.9 Å². The highest BCUT2D eigenvalue weighted by molar-refractivity contribution is 5.97. The molecule has 0 atom stereocenters. The molecule has 1 amide bonds. The van der Waals surface area contributed by atoms with Gasteiger partial charge in [-0.15, -0.1) is 0 Å². The minimum Gasteiger partial charge on any atom is -0.478 e. The van der Waals surface area contributed by atoms with Crippen LogP contribution in [-0.4, -0.2) is 33.2 Å². The molecule has 0 aliphatic rings. The van der Waals surface area contributed by atoms with Crippen LogP contribution in [0.4, 0.5) is 0 Å². The lowest BCUT2D eigenvalue weighted by molar-refractivity contribution is -0.0425. The second kappa shape index (κ2) is 5.61. The average molecular weight is 253 g/mol. The minimum absolute atomic E-state index is 0.0381. The molecule has 0 saturated heterocycles. The molecule has 0 aliphatic heterocycles. The number of carbonyl (C=O) groups excluding carboxylic acids is 1. The lowest BCUT2D eigenvalue weighted by atomic mass is 10.0. The summed E-state index contributed by atoms with van der Waals surface area (Å²) >= 11 is 0. The largest absolute Gasteiger partial charge is 0.478 e. The Kier molecular flexibility index (Phi) is 4.41. The molecule has 98 valence electrons. The van der Waals surface area contributed by atoms with Crippen LogP contribution in [0.5, 0.6) is 0 Å². The number of aromatic carboxylic acids is 1. The van der Waals surface area contributed by atoms with E-state index in [1.807, 2.05) is 0 Å². The molecule has 0 bridgehead atoms. The standard InChI is InChI=1S/C12H15NO5/c1-6(2)13-10(14)7-3-8(11(15)16)5-9(4-7)12(17)18/h3-6,11,15-16H,1-2H3,(H,13,14)(H,17,18). The molecule has 6 heteroatoms. The first kappa shape index (κ1) is 14.1. The van der Waals surface area contributed by atoms with E-state index in [2.05, 4.69) is 5.32 Å². The monoisotopic (exact) mass is 253 g/mol. The minimum atomic E-state index is -1.82. The summed E-state index contributed by atoms with van der Waals surface area (Å²) in [5.41, 5.74) is -0.134. The van der Waals surface area contributed by atoms with E-state index in [4.69, 9.17) is 15.3 Å². The third-order valence-electron chi connectivity index (χ3n) is 2.18. The van der Waals surface area contributed by atoms with Crippen molar-refractivity contribution in [2.75, 3.05) is 0 Å². The van der Waals surface area contributed by atoms with Gasteiger partial charge in [0.25, 0.3) is 5.91 Å². The van der Waals surface area contributed by atoms with Gasteiger partial charge < -0.3 is 20.6 Å². The Bertz CT molecular complexity index is 468. The number of hydrogen-bond acceptors (Lipinski definition) is 4. The first-order chi connectivity index (χ1) is 8.31. The topological polar surface area (TPSA) is 107 Å². The van der Waals surface area contributed by atoms with Gasteiger partial charge >= 0.3 is 5.97 Å².